The van der Waals surface area contributed by atoms with E-state index in [1.165, 1.54) is 11.1 Å². The number of hydrogen-bond acceptors (Lipinski definition) is 2. The van der Waals surface area contributed by atoms with E-state index in [1.807, 2.05) is 6.92 Å². The zero-order valence-corrected chi connectivity index (χ0v) is 10.0. The van der Waals surface area contributed by atoms with Gasteiger partial charge in [-0.2, -0.15) is 0 Å². The van der Waals surface area contributed by atoms with Gasteiger partial charge in [0.05, 0.1) is 6.61 Å². The van der Waals surface area contributed by atoms with E-state index in [0.717, 1.165) is 30.9 Å². The standard InChI is InChI=1S/C14H19NO/c1-10(2)9-15-11(3)12-4-5-14-13(8-12)6-7-16-14/h4-5,8,11,15H,1,6-7,9H2,2-3H3. The summed E-state index contributed by atoms with van der Waals surface area (Å²) in [6, 6.07) is 6.83. The Labute approximate surface area is 97.3 Å². The van der Waals surface area contributed by atoms with Crippen molar-refractivity contribution in [2.75, 3.05) is 13.2 Å². The molecule has 0 spiro atoms. The van der Waals surface area contributed by atoms with Gasteiger partial charge < -0.3 is 10.1 Å². The molecule has 0 aromatic heterocycles. The summed E-state index contributed by atoms with van der Waals surface area (Å²) >= 11 is 0. The molecule has 1 unspecified atom stereocenters. The molecular weight excluding hydrogens is 198 g/mol. The van der Waals surface area contributed by atoms with Gasteiger partial charge in [0.15, 0.2) is 0 Å². The fourth-order valence-electron chi connectivity index (χ4n) is 1.92. The summed E-state index contributed by atoms with van der Waals surface area (Å²) in [5, 5.41) is 3.45. The van der Waals surface area contributed by atoms with E-state index in [2.05, 4.69) is 37.0 Å². The molecule has 1 aromatic carbocycles. The van der Waals surface area contributed by atoms with Gasteiger partial charge in [0.1, 0.15) is 5.75 Å². The van der Waals surface area contributed by atoms with E-state index < -0.39 is 0 Å². The third kappa shape index (κ3) is 2.45. The number of fused-ring (bicyclic) bond motifs is 1. The molecule has 2 heteroatoms. The maximum absolute atomic E-state index is 5.50. The molecule has 0 fully saturated rings. The highest BCUT2D eigenvalue weighted by molar-refractivity contribution is 5.40. The number of ether oxygens (including phenoxy) is 1. The first kappa shape index (κ1) is 11.2. The zero-order chi connectivity index (χ0) is 11.5. The molecule has 0 saturated heterocycles. The molecule has 1 aliphatic heterocycles. The lowest BCUT2D eigenvalue weighted by molar-refractivity contribution is 0.356. The molecule has 1 aliphatic rings. The van der Waals surface area contributed by atoms with Crippen molar-refractivity contribution in [2.24, 2.45) is 0 Å². The molecule has 1 N–H and O–H groups in total. The van der Waals surface area contributed by atoms with Crippen molar-refractivity contribution in [1.29, 1.82) is 0 Å². The summed E-state index contributed by atoms with van der Waals surface area (Å²) in [4.78, 5) is 0. The van der Waals surface area contributed by atoms with Gasteiger partial charge in [0, 0.05) is 19.0 Å². The van der Waals surface area contributed by atoms with Crippen molar-refractivity contribution in [3.8, 4) is 5.75 Å². The van der Waals surface area contributed by atoms with Crippen LogP contribution < -0.4 is 10.1 Å². The maximum Gasteiger partial charge on any atom is 0.122 e. The summed E-state index contributed by atoms with van der Waals surface area (Å²) in [7, 11) is 0. The lowest BCUT2D eigenvalue weighted by Crippen LogP contribution is -2.20. The maximum atomic E-state index is 5.50. The topological polar surface area (TPSA) is 21.3 Å². The quantitative estimate of drug-likeness (QED) is 0.783. The number of benzene rings is 1. The van der Waals surface area contributed by atoms with Gasteiger partial charge in [0.25, 0.3) is 0 Å². The Kier molecular flexibility index (Phi) is 3.30. The van der Waals surface area contributed by atoms with Crippen LogP contribution in [0.5, 0.6) is 5.75 Å². The summed E-state index contributed by atoms with van der Waals surface area (Å²) in [6.45, 7) is 9.81. The second kappa shape index (κ2) is 4.71. The van der Waals surface area contributed by atoms with E-state index in [-0.39, 0.29) is 0 Å². The van der Waals surface area contributed by atoms with E-state index in [0.29, 0.717) is 6.04 Å². The van der Waals surface area contributed by atoms with Crippen LogP contribution in [0, 0.1) is 0 Å². The fraction of sp³-hybridized carbons (Fsp3) is 0.429. The minimum Gasteiger partial charge on any atom is -0.493 e. The van der Waals surface area contributed by atoms with Crippen LogP contribution >= 0.6 is 0 Å². The van der Waals surface area contributed by atoms with Crippen molar-refractivity contribution >= 4 is 0 Å². The first-order valence-corrected chi connectivity index (χ1v) is 5.80. The highest BCUT2D eigenvalue weighted by atomic mass is 16.5. The third-order valence-corrected chi connectivity index (χ3v) is 2.92. The van der Waals surface area contributed by atoms with Crippen LogP contribution in [-0.4, -0.2) is 13.2 Å². The van der Waals surface area contributed by atoms with Gasteiger partial charge in [-0.1, -0.05) is 24.3 Å². The first-order chi connectivity index (χ1) is 7.66. The molecule has 0 aliphatic carbocycles. The summed E-state index contributed by atoms with van der Waals surface area (Å²) in [6.07, 6.45) is 1.04. The minimum atomic E-state index is 0.364. The first-order valence-electron chi connectivity index (χ1n) is 5.80. The predicted octanol–water partition coefficient (Wildman–Crippen LogP) is 2.85. The molecule has 2 rings (SSSR count). The van der Waals surface area contributed by atoms with Crippen LogP contribution in [0.4, 0.5) is 0 Å². The van der Waals surface area contributed by atoms with E-state index >= 15 is 0 Å². The predicted molar refractivity (Wildman–Crippen MR) is 66.9 cm³/mol. The number of nitrogens with one attached hydrogen (secondary N) is 1. The van der Waals surface area contributed by atoms with Gasteiger partial charge in [-0.05, 0) is 31.0 Å². The van der Waals surface area contributed by atoms with Gasteiger partial charge in [-0.15, -0.1) is 0 Å². The molecule has 0 saturated carbocycles. The number of rotatable bonds is 4. The summed E-state index contributed by atoms with van der Waals surface area (Å²) < 4.78 is 5.50. The van der Waals surface area contributed by atoms with Crippen molar-refractivity contribution in [1.82, 2.24) is 5.32 Å². The van der Waals surface area contributed by atoms with Gasteiger partial charge in [0.2, 0.25) is 0 Å². The van der Waals surface area contributed by atoms with Crippen LogP contribution in [0.2, 0.25) is 0 Å². The van der Waals surface area contributed by atoms with E-state index in [1.54, 1.807) is 0 Å². The SMILES string of the molecule is C=C(C)CNC(C)c1ccc2c(c1)CCO2. The second-order valence-corrected chi connectivity index (χ2v) is 4.53. The molecule has 0 radical (unpaired) electrons. The van der Waals surface area contributed by atoms with Crippen LogP contribution in [-0.2, 0) is 6.42 Å². The van der Waals surface area contributed by atoms with Gasteiger partial charge in [-0.3, -0.25) is 0 Å². The average Bonchev–Trinajstić information content (AvgIpc) is 2.72. The molecule has 1 atom stereocenters. The molecule has 1 heterocycles. The smallest absolute Gasteiger partial charge is 0.122 e. The van der Waals surface area contributed by atoms with Gasteiger partial charge in [-0.25, -0.2) is 0 Å². The minimum absolute atomic E-state index is 0.364. The van der Waals surface area contributed by atoms with E-state index in [4.69, 9.17) is 4.74 Å². The molecule has 0 bridgehead atoms. The Morgan fingerprint density at radius 1 is 1.56 bits per heavy atom. The van der Waals surface area contributed by atoms with Crippen molar-refractivity contribution < 1.29 is 4.74 Å². The largest absolute Gasteiger partial charge is 0.493 e. The highest BCUT2D eigenvalue weighted by Crippen LogP contribution is 2.27. The molecule has 0 amide bonds. The van der Waals surface area contributed by atoms with E-state index in [9.17, 15) is 0 Å². The monoisotopic (exact) mass is 217 g/mol. The molecule has 1 aromatic rings. The lowest BCUT2D eigenvalue weighted by atomic mass is 10.0. The summed E-state index contributed by atoms with van der Waals surface area (Å²) in [5.74, 6) is 1.05. The number of hydrogen-bond donors (Lipinski definition) is 1. The Morgan fingerprint density at radius 3 is 3.12 bits per heavy atom. The normalized spacial score (nSPS) is 15.4. The Bertz CT molecular complexity index is 398. The molecule has 86 valence electrons. The fourth-order valence-corrected chi connectivity index (χ4v) is 1.92. The van der Waals surface area contributed by atoms with Crippen LogP contribution in [0.3, 0.4) is 0 Å². The molecule has 16 heavy (non-hydrogen) atoms. The second-order valence-electron chi connectivity index (χ2n) is 4.53. The van der Waals surface area contributed by atoms with Crippen molar-refractivity contribution in [3.05, 3.63) is 41.5 Å². The molecule has 2 nitrogen and oxygen atoms in total. The molecular formula is C14H19NO. The highest BCUT2D eigenvalue weighted by Gasteiger charge is 2.14. The zero-order valence-electron chi connectivity index (χ0n) is 10.0. The Balaban J connectivity index is 2.06. The van der Waals surface area contributed by atoms with Crippen molar-refractivity contribution in [2.45, 2.75) is 26.3 Å². The van der Waals surface area contributed by atoms with Crippen LogP contribution in [0.15, 0.2) is 30.4 Å². The lowest BCUT2D eigenvalue weighted by Gasteiger charge is -2.15. The third-order valence-electron chi connectivity index (χ3n) is 2.92. The van der Waals surface area contributed by atoms with Crippen molar-refractivity contribution in [3.63, 3.8) is 0 Å². The average molecular weight is 217 g/mol. The Morgan fingerprint density at radius 2 is 2.38 bits per heavy atom. The van der Waals surface area contributed by atoms with Gasteiger partial charge >= 0.3 is 0 Å². The summed E-state index contributed by atoms with van der Waals surface area (Å²) in [5.41, 5.74) is 3.82. The van der Waals surface area contributed by atoms with Crippen LogP contribution in [0.25, 0.3) is 0 Å². The Hall–Kier alpha value is -1.28. The van der Waals surface area contributed by atoms with Crippen LogP contribution in [0.1, 0.15) is 31.0 Å².